The maximum Gasteiger partial charge on any atom is 0.223 e. The minimum atomic E-state index is -0.368. The molecule has 0 aliphatic carbocycles. The Bertz CT molecular complexity index is 533. The maximum absolute atomic E-state index is 12.5. The Labute approximate surface area is 143 Å². The van der Waals surface area contributed by atoms with Crippen LogP contribution in [0.15, 0.2) is 18.6 Å². The van der Waals surface area contributed by atoms with E-state index in [0.717, 1.165) is 51.4 Å². The van der Waals surface area contributed by atoms with Crippen LogP contribution in [0.3, 0.4) is 0 Å². The van der Waals surface area contributed by atoms with Gasteiger partial charge in [-0.1, -0.05) is 0 Å². The molecule has 24 heavy (non-hydrogen) atoms. The number of rotatable bonds is 5. The third kappa shape index (κ3) is 4.49. The highest BCUT2D eigenvalue weighted by Gasteiger charge is 2.32. The first kappa shape index (κ1) is 17.3. The normalized spacial score (nSPS) is 26.0. The molecular formula is C17H27N5O2. The fraction of sp³-hybridized carbons (Fsp3) is 0.706. The molecule has 0 radical (unpaired) electrons. The number of aromatic nitrogens is 2. The maximum atomic E-state index is 12.5. The van der Waals surface area contributed by atoms with Crippen molar-refractivity contribution in [2.45, 2.75) is 18.9 Å². The second-order valence-corrected chi connectivity index (χ2v) is 6.92. The molecule has 1 amide bonds. The van der Waals surface area contributed by atoms with E-state index in [1.807, 2.05) is 18.1 Å². The van der Waals surface area contributed by atoms with Gasteiger partial charge in [-0.3, -0.25) is 19.7 Å². The van der Waals surface area contributed by atoms with Crippen molar-refractivity contribution in [3.63, 3.8) is 0 Å². The highest BCUT2D eigenvalue weighted by atomic mass is 16.3. The van der Waals surface area contributed by atoms with Gasteiger partial charge in [-0.15, -0.1) is 0 Å². The third-order valence-corrected chi connectivity index (χ3v) is 5.05. The van der Waals surface area contributed by atoms with Gasteiger partial charge in [-0.25, -0.2) is 0 Å². The summed E-state index contributed by atoms with van der Waals surface area (Å²) in [5, 5.41) is 10.00. The van der Waals surface area contributed by atoms with E-state index >= 15 is 0 Å². The molecule has 0 aromatic carbocycles. The van der Waals surface area contributed by atoms with E-state index in [9.17, 15) is 9.90 Å². The van der Waals surface area contributed by atoms with Gasteiger partial charge in [0.25, 0.3) is 0 Å². The summed E-state index contributed by atoms with van der Waals surface area (Å²) in [5.74, 6) is 0.264. The van der Waals surface area contributed by atoms with Crippen molar-refractivity contribution in [3.8, 4) is 0 Å². The minimum absolute atomic E-state index is 0.0807. The molecule has 2 atom stereocenters. The van der Waals surface area contributed by atoms with Gasteiger partial charge in [0.15, 0.2) is 0 Å². The van der Waals surface area contributed by atoms with Gasteiger partial charge >= 0.3 is 0 Å². The number of hydrogen-bond donors (Lipinski definition) is 1. The predicted octanol–water partition coefficient (Wildman–Crippen LogP) is -0.524. The second-order valence-electron chi connectivity index (χ2n) is 6.92. The number of likely N-dealkylation sites (N-methyl/N-ethyl adjacent to an activating group) is 1. The highest BCUT2D eigenvalue weighted by molar-refractivity contribution is 5.76. The molecule has 0 unspecified atom stereocenters. The molecule has 2 saturated heterocycles. The molecule has 0 saturated carbocycles. The predicted molar refractivity (Wildman–Crippen MR) is 90.4 cm³/mol. The quantitative estimate of drug-likeness (QED) is 0.781. The van der Waals surface area contributed by atoms with Crippen LogP contribution in [0.4, 0.5) is 0 Å². The Hall–Kier alpha value is -1.57. The van der Waals surface area contributed by atoms with Crippen molar-refractivity contribution in [1.29, 1.82) is 0 Å². The van der Waals surface area contributed by atoms with Crippen molar-refractivity contribution < 1.29 is 9.90 Å². The molecule has 1 aromatic rings. The molecule has 1 aromatic heterocycles. The molecule has 3 rings (SSSR count). The number of β-amino-alcohol motifs (C(OH)–C–C–N with tert-alkyl or cyclic N) is 1. The van der Waals surface area contributed by atoms with Crippen LogP contribution < -0.4 is 0 Å². The van der Waals surface area contributed by atoms with E-state index in [1.165, 1.54) is 0 Å². The van der Waals surface area contributed by atoms with Gasteiger partial charge in [0.1, 0.15) is 0 Å². The van der Waals surface area contributed by atoms with Crippen LogP contribution in [0.5, 0.6) is 0 Å². The number of piperazine rings is 1. The number of carbonyl (C=O) groups is 1. The van der Waals surface area contributed by atoms with Crippen molar-refractivity contribution >= 4 is 5.91 Å². The lowest BCUT2D eigenvalue weighted by molar-refractivity contribution is -0.134. The summed E-state index contributed by atoms with van der Waals surface area (Å²) in [6.07, 6.45) is 6.21. The zero-order chi connectivity index (χ0) is 16.9. The standard InChI is InChI=1S/C17H27N5O2/c1-20-12-14(16(23)13-20)10-17(24)22-8-6-21(7-9-22)5-2-15-11-18-3-4-19-15/h3-4,11,14,16,23H,2,5-10,12-13H2,1H3/t14-,16-/m1/s1. The topological polar surface area (TPSA) is 72.8 Å². The summed E-state index contributed by atoms with van der Waals surface area (Å²) in [6, 6.07) is 0. The van der Waals surface area contributed by atoms with Crippen LogP contribution in [0.2, 0.25) is 0 Å². The molecule has 3 heterocycles. The van der Waals surface area contributed by atoms with E-state index in [2.05, 4.69) is 19.8 Å². The van der Waals surface area contributed by atoms with E-state index in [1.54, 1.807) is 12.4 Å². The van der Waals surface area contributed by atoms with Gasteiger partial charge in [0.05, 0.1) is 11.8 Å². The molecule has 0 bridgehead atoms. The summed E-state index contributed by atoms with van der Waals surface area (Å²) in [4.78, 5) is 27.2. The summed E-state index contributed by atoms with van der Waals surface area (Å²) >= 11 is 0. The molecular weight excluding hydrogens is 306 g/mol. The lowest BCUT2D eigenvalue weighted by atomic mass is 10.0. The Morgan fingerprint density at radius 1 is 1.25 bits per heavy atom. The minimum Gasteiger partial charge on any atom is -0.391 e. The highest BCUT2D eigenvalue weighted by Crippen LogP contribution is 2.20. The lowest BCUT2D eigenvalue weighted by Crippen LogP contribution is -2.49. The van der Waals surface area contributed by atoms with Crippen LogP contribution >= 0.6 is 0 Å². The molecule has 7 heteroatoms. The first-order valence-electron chi connectivity index (χ1n) is 8.73. The van der Waals surface area contributed by atoms with E-state index in [-0.39, 0.29) is 17.9 Å². The molecule has 7 nitrogen and oxygen atoms in total. The number of nitrogens with zero attached hydrogens (tertiary/aromatic N) is 5. The van der Waals surface area contributed by atoms with Crippen LogP contribution in [0.25, 0.3) is 0 Å². The molecule has 2 aliphatic heterocycles. The number of likely N-dealkylation sites (tertiary alicyclic amines) is 1. The number of hydrogen-bond acceptors (Lipinski definition) is 6. The van der Waals surface area contributed by atoms with Crippen molar-refractivity contribution in [2.24, 2.45) is 5.92 Å². The third-order valence-electron chi connectivity index (χ3n) is 5.05. The number of amides is 1. The zero-order valence-corrected chi connectivity index (χ0v) is 14.3. The number of carbonyl (C=O) groups excluding carboxylic acids is 1. The van der Waals surface area contributed by atoms with Gasteiger partial charge in [0.2, 0.25) is 5.91 Å². The number of aliphatic hydroxyl groups excluding tert-OH is 1. The average molecular weight is 333 g/mol. The van der Waals surface area contributed by atoms with Gasteiger partial charge in [-0.05, 0) is 7.05 Å². The van der Waals surface area contributed by atoms with Gasteiger partial charge in [-0.2, -0.15) is 0 Å². The van der Waals surface area contributed by atoms with E-state index in [0.29, 0.717) is 13.0 Å². The fourth-order valence-corrected chi connectivity index (χ4v) is 3.57. The molecule has 1 N–H and O–H groups in total. The van der Waals surface area contributed by atoms with Crippen LogP contribution in [0.1, 0.15) is 12.1 Å². The van der Waals surface area contributed by atoms with E-state index < -0.39 is 0 Å². The second kappa shape index (κ2) is 8.00. The van der Waals surface area contributed by atoms with Crippen LogP contribution in [0, 0.1) is 5.92 Å². The average Bonchev–Trinajstić information content (AvgIpc) is 2.91. The summed E-state index contributed by atoms with van der Waals surface area (Å²) in [6.45, 7) is 5.79. The van der Waals surface area contributed by atoms with Crippen molar-refractivity contribution in [3.05, 3.63) is 24.3 Å². The monoisotopic (exact) mass is 333 g/mol. The lowest BCUT2D eigenvalue weighted by Gasteiger charge is -2.35. The Morgan fingerprint density at radius 3 is 2.67 bits per heavy atom. The van der Waals surface area contributed by atoms with Gasteiger partial charge in [0, 0.05) is 83.2 Å². The zero-order valence-electron chi connectivity index (χ0n) is 14.3. The van der Waals surface area contributed by atoms with Crippen molar-refractivity contribution in [2.75, 3.05) is 52.9 Å². The summed E-state index contributed by atoms with van der Waals surface area (Å²) < 4.78 is 0. The Morgan fingerprint density at radius 2 is 2.04 bits per heavy atom. The summed E-state index contributed by atoms with van der Waals surface area (Å²) in [7, 11) is 1.99. The smallest absolute Gasteiger partial charge is 0.223 e. The molecule has 132 valence electrons. The summed E-state index contributed by atoms with van der Waals surface area (Å²) in [5.41, 5.74) is 1.01. The fourth-order valence-electron chi connectivity index (χ4n) is 3.57. The molecule has 2 fully saturated rings. The number of aliphatic hydroxyl groups is 1. The van der Waals surface area contributed by atoms with Gasteiger partial charge < -0.3 is 14.9 Å². The Balaban J connectivity index is 1.39. The molecule has 0 spiro atoms. The van der Waals surface area contributed by atoms with Crippen LogP contribution in [-0.4, -0.2) is 94.6 Å². The largest absolute Gasteiger partial charge is 0.391 e. The van der Waals surface area contributed by atoms with Crippen molar-refractivity contribution in [1.82, 2.24) is 24.7 Å². The first-order valence-corrected chi connectivity index (χ1v) is 8.73. The van der Waals surface area contributed by atoms with Crippen LogP contribution in [-0.2, 0) is 11.2 Å². The first-order chi connectivity index (χ1) is 11.6. The van der Waals surface area contributed by atoms with E-state index in [4.69, 9.17) is 0 Å². The SMILES string of the molecule is CN1C[C@@H](CC(=O)N2CCN(CCc3cnccn3)CC2)[C@H](O)C1. The Kier molecular flexibility index (Phi) is 5.76. The molecule has 2 aliphatic rings.